The Morgan fingerprint density at radius 3 is 2.94 bits per heavy atom. The van der Waals surface area contributed by atoms with Crippen LogP contribution in [0.4, 0.5) is 0 Å². The van der Waals surface area contributed by atoms with E-state index >= 15 is 0 Å². The highest BCUT2D eigenvalue weighted by Crippen LogP contribution is 2.49. The number of hydrogen-bond donors (Lipinski definition) is 0. The molecule has 2 saturated heterocycles. The third kappa shape index (κ3) is 1.69. The molecule has 2 aliphatic heterocycles. The maximum absolute atomic E-state index is 12.1. The van der Waals surface area contributed by atoms with Crippen LogP contribution >= 0.6 is 0 Å². The van der Waals surface area contributed by atoms with E-state index in [1.54, 1.807) is 0 Å². The van der Waals surface area contributed by atoms with Crippen molar-refractivity contribution in [1.29, 1.82) is 0 Å². The minimum absolute atomic E-state index is 0.0416. The molecule has 0 spiro atoms. The van der Waals surface area contributed by atoms with Crippen molar-refractivity contribution < 1.29 is 19.0 Å². The molecule has 5 unspecified atom stereocenters. The quantitative estimate of drug-likeness (QED) is 0.543. The Bertz CT molecular complexity index is 355. The zero-order valence-corrected chi connectivity index (χ0v) is 9.89. The second-order valence-electron chi connectivity index (χ2n) is 5.81. The molecule has 4 rings (SSSR count). The van der Waals surface area contributed by atoms with Crippen LogP contribution in [0.25, 0.3) is 0 Å². The van der Waals surface area contributed by atoms with E-state index in [1.165, 1.54) is 6.42 Å². The van der Waals surface area contributed by atoms with Gasteiger partial charge in [-0.2, -0.15) is 0 Å². The highest BCUT2D eigenvalue weighted by molar-refractivity contribution is 5.73. The van der Waals surface area contributed by atoms with Crippen LogP contribution in [0, 0.1) is 5.92 Å². The third-order valence-corrected chi connectivity index (χ3v) is 4.63. The summed E-state index contributed by atoms with van der Waals surface area (Å²) >= 11 is 0. The molecule has 5 atom stereocenters. The van der Waals surface area contributed by atoms with Crippen molar-refractivity contribution in [1.82, 2.24) is 0 Å². The van der Waals surface area contributed by atoms with Crippen LogP contribution in [0.2, 0.25) is 0 Å². The number of carbonyl (C=O) groups excluding carboxylic acids is 1. The summed E-state index contributed by atoms with van der Waals surface area (Å²) in [6.45, 7) is 0. The van der Waals surface area contributed by atoms with Gasteiger partial charge in [0.15, 0.2) is 0 Å². The van der Waals surface area contributed by atoms with Gasteiger partial charge in [0.25, 0.3) is 0 Å². The van der Waals surface area contributed by atoms with Crippen molar-refractivity contribution in [2.45, 2.75) is 69.0 Å². The van der Waals surface area contributed by atoms with E-state index in [-0.39, 0.29) is 18.0 Å². The van der Waals surface area contributed by atoms with E-state index in [0.29, 0.717) is 12.2 Å². The Morgan fingerprint density at radius 2 is 2.12 bits per heavy atom. The standard InChI is InChI=1S/C13H18O4/c14-12(8-4-5-9-10(7-8)15-9)17-13-6-2-1-3-11(13)16-13/h8-11H,1-7H2. The topological polar surface area (TPSA) is 51.4 Å². The molecule has 0 bridgehead atoms. The molecule has 2 saturated carbocycles. The largest absolute Gasteiger partial charge is 0.430 e. The molecule has 2 heterocycles. The third-order valence-electron chi connectivity index (χ3n) is 4.63. The summed E-state index contributed by atoms with van der Waals surface area (Å²) in [6.07, 6.45) is 8.00. The van der Waals surface area contributed by atoms with Gasteiger partial charge < -0.3 is 14.2 Å². The molecule has 0 aromatic heterocycles. The fourth-order valence-corrected chi connectivity index (χ4v) is 3.42. The van der Waals surface area contributed by atoms with Crippen molar-refractivity contribution >= 4 is 5.97 Å². The number of esters is 1. The summed E-state index contributed by atoms with van der Waals surface area (Å²) in [5, 5.41) is 0. The summed E-state index contributed by atoms with van der Waals surface area (Å²) in [5.74, 6) is -0.528. The van der Waals surface area contributed by atoms with Gasteiger partial charge in [-0.25, -0.2) is 0 Å². The molecule has 0 aromatic rings. The van der Waals surface area contributed by atoms with E-state index in [1.807, 2.05) is 0 Å². The average molecular weight is 238 g/mol. The van der Waals surface area contributed by atoms with E-state index in [9.17, 15) is 4.79 Å². The van der Waals surface area contributed by atoms with E-state index in [0.717, 1.165) is 38.5 Å². The molecular formula is C13H18O4. The van der Waals surface area contributed by atoms with Crippen LogP contribution in [0.15, 0.2) is 0 Å². The second kappa shape index (κ2) is 3.45. The molecule has 4 aliphatic rings. The van der Waals surface area contributed by atoms with E-state index in [2.05, 4.69) is 0 Å². The molecule has 4 fully saturated rings. The second-order valence-corrected chi connectivity index (χ2v) is 5.81. The highest BCUT2D eigenvalue weighted by atomic mass is 16.8. The molecule has 0 aromatic carbocycles. The number of hydrogen-bond acceptors (Lipinski definition) is 4. The molecule has 4 heteroatoms. The molecule has 0 amide bonds. The lowest BCUT2D eigenvalue weighted by Gasteiger charge is -2.22. The lowest BCUT2D eigenvalue weighted by molar-refractivity contribution is -0.166. The predicted octanol–water partition coefficient (Wildman–Crippen LogP) is 1.77. The van der Waals surface area contributed by atoms with E-state index < -0.39 is 5.79 Å². The summed E-state index contributed by atoms with van der Waals surface area (Å²) < 4.78 is 16.7. The maximum atomic E-state index is 12.1. The number of ether oxygens (including phenoxy) is 3. The normalized spacial score (nSPS) is 51.1. The van der Waals surface area contributed by atoms with Gasteiger partial charge in [0.2, 0.25) is 5.79 Å². The number of fused-ring (bicyclic) bond motifs is 2. The molecule has 0 radical (unpaired) electrons. The molecule has 94 valence electrons. The highest BCUT2D eigenvalue weighted by Gasteiger charge is 2.61. The van der Waals surface area contributed by atoms with Crippen LogP contribution < -0.4 is 0 Å². The summed E-state index contributed by atoms with van der Waals surface area (Å²) in [4.78, 5) is 12.1. The first-order chi connectivity index (χ1) is 8.27. The molecule has 4 nitrogen and oxygen atoms in total. The monoisotopic (exact) mass is 238 g/mol. The minimum Gasteiger partial charge on any atom is -0.430 e. The predicted molar refractivity (Wildman–Crippen MR) is 58.2 cm³/mol. The Morgan fingerprint density at radius 1 is 1.18 bits per heavy atom. The van der Waals surface area contributed by atoms with E-state index in [4.69, 9.17) is 14.2 Å². The van der Waals surface area contributed by atoms with Crippen molar-refractivity contribution in [2.24, 2.45) is 5.92 Å². The van der Waals surface area contributed by atoms with Gasteiger partial charge >= 0.3 is 5.97 Å². The van der Waals surface area contributed by atoms with Gasteiger partial charge in [-0.15, -0.1) is 0 Å². The minimum atomic E-state index is -0.517. The lowest BCUT2D eigenvalue weighted by atomic mass is 9.89. The Hall–Kier alpha value is -0.610. The SMILES string of the molecule is O=C(OC12CCCCC1O2)C1CCC2OC2C1. The van der Waals surface area contributed by atoms with Crippen LogP contribution in [0.5, 0.6) is 0 Å². The van der Waals surface area contributed by atoms with Crippen molar-refractivity contribution in [3.05, 3.63) is 0 Å². The van der Waals surface area contributed by atoms with Crippen molar-refractivity contribution in [2.75, 3.05) is 0 Å². The Balaban J connectivity index is 1.37. The van der Waals surface area contributed by atoms with Crippen LogP contribution in [-0.2, 0) is 19.0 Å². The van der Waals surface area contributed by atoms with Gasteiger partial charge in [-0.1, -0.05) is 6.42 Å². The average Bonchev–Trinajstić information content (AvgIpc) is 3.21. The summed E-state index contributed by atoms with van der Waals surface area (Å²) in [7, 11) is 0. The molecule has 0 N–H and O–H groups in total. The van der Waals surface area contributed by atoms with Crippen LogP contribution in [0.1, 0.15) is 44.9 Å². The first kappa shape index (κ1) is 10.3. The summed E-state index contributed by atoms with van der Waals surface area (Å²) in [5.41, 5.74) is 0. The number of epoxide rings is 2. The van der Waals surface area contributed by atoms with Gasteiger partial charge in [-0.05, 0) is 32.1 Å². The zero-order valence-electron chi connectivity index (χ0n) is 9.89. The zero-order chi connectivity index (χ0) is 11.5. The van der Waals surface area contributed by atoms with Gasteiger partial charge in [0.1, 0.15) is 6.10 Å². The number of rotatable bonds is 2. The first-order valence-corrected chi connectivity index (χ1v) is 6.83. The van der Waals surface area contributed by atoms with Crippen LogP contribution in [-0.4, -0.2) is 30.1 Å². The lowest BCUT2D eigenvalue weighted by Crippen LogP contribution is -2.32. The van der Waals surface area contributed by atoms with Gasteiger partial charge in [0.05, 0.1) is 18.1 Å². The van der Waals surface area contributed by atoms with Crippen molar-refractivity contribution in [3.63, 3.8) is 0 Å². The Labute approximate surface area is 101 Å². The van der Waals surface area contributed by atoms with Gasteiger partial charge in [0, 0.05) is 6.42 Å². The molecular weight excluding hydrogens is 220 g/mol. The van der Waals surface area contributed by atoms with Crippen molar-refractivity contribution in [3.8, 4) is 0 Å². The fourth-order valence-electron chi connectivity index (χ4n) is 3.42. The Kier molecular flexibility index (Phi) is 2.10. The maximum Gasteiger partial charge on any atom is 0.311 e. The smallest absolute Gasteiger partial charge is 0.311 e. The molecule has 17 heavy (non-hydrogen) atoms. The fraction of sp³-hybridized carbons (Fsp3) is 0.923. The molecule has 2 aliphatic carbocycles. The number of carbonyl (C=O) groups is 1. The first-order valence-electron chi connectivity index (χ1n) is 6.83. The van der Waals surface area contributed by atoms with Gasteiger partial charge in [-0.3, -0.25) is 4.79 Å². The van der Waals surface area contributed by atoms with Crippen LogP contribution in [0.3, 0.4) is 0 Å². The summed E-state index contributed by atoms with van der Waals surface area (Å²) in [6, 6.07) is 0.